The standard InChI is InChI=1S/C16H24N2O2S/c1-18(14-7-3-2-4-8-14)11-6-5-10-17-15(19)16(20)9-12-21-13-16/h2-4,7-8,20H,5-6,9-13H2,1H3,(H,17,19). The lowest BCUT2D eigenvalue weighted by atomic mass is 10.0. The first-order valence-corrected chi connectivity index (χ1v) is 8.62. The number of amides is 1. The summed E-state index contributed by atoms with van der Waals surface area (Å²) in [5, 5.41) is 13.0. The average molecular weight is 308 g/mol. The largest absolute Gasteiger partial charge is 0.379 e. The van der Waals surface area contributed by atoms with Gasteiger partial charge in [0.05, 0.1) is 0 Å². The van der Waals surface area contributed by atoms with Crippen LogP contribution < -0.4 is 10.2 Å². The molecule has 0 spiro atoms. The molecule has 2 N–H and O–H groups in total. The Morgan fingerprint density at radius 2 is 2.14 bits per heavy atom. The fourth-order valence-electron chi connectivity index (χ4n) is 2.39. The first kappa shape index (κ1) is 16.2. The van der Waals surface area contributed by atoms with Gasteiger partial charge in [0.15, 0.2) is 5.60 Å². The van der Waals surface area contributed by atoms with Crippen LogP contribution in [0, 0.1) is 0 Å². The van der Waals surface area contributed by atoms with Gasteiger partial charge in [0, 0.05) is 31.6 Å². The van der Waals surface area contributed by atoms with E-state index in [0.29, 0.717) is 18.7 Å². The Morgan fingerprint density at radius 3 is 2.81 bits per heavy atom. The van der Waals surface area contributed by atoms with Crippen molar-refractivity contribution < 1.29 is 9.90 Å². The Labute approximate surface area is 130 Å². The molecular weight excluding hydrogens is 284 g/mol. The van der Waals surface area contributed by atoms with E-state index in [0.717, 1.165) is 25.1 Å². The zero-order chi connectivity index (χ0) is 15.1. The molecule has 0 aliphatic carbocycles. The van der Waals surface area contributed by atoms with Crippen LogP contribution in [0.25, 0.3) is 0 Å². The fourth-order valence-corrected chi connectivity index (χ4v) is 3.62. The van der Waals surface area contributed by atoms with E-state index in [4.69, 9.17) is 0 Å². The summed E-state index contributed by atoms with van der Waals surface area (Å²) >= 11 is 1.64. The minimum Gasteiger partial charge on any atom is -0.379 e. The summed E-state index contributed by atoms with van der Waals surface area (Å²) in [5.74, 6) is 1.19. The number of nitrogens with one attached hydrogen (secondary N) is 1. The molecule has 0 radical (unpaired) electrons. The number of para-hydroxylation sites is 1. The molecule has 1 atom stereocenters. The van der Waals surface area contributed by atoms with Crippen LogP contribution in [-0.4, -0.2) is 48.3 Å². The van der Waals surface area contributed by atoms with Crippen molar-refractivity contribution in [2.75, 3.05) is 36.5 Å². The third-order valence-corrected chi connectivity index (χ3v) is 5.00. The van der Waals surface area contributed by atoms with E-state index in [1.165, 1.54) is 5.69 Å². The molecule has 1 unspecified atom stereocenters. The first-order valence-electron chi connectivity index (χ1n) is 7.46. The van der Waals surface area contributed by atoms with Crippen molar-refractivity contribution in [3.8, 4) is 0 Å². The second-order valence-corrected chi connectivity index (χ2v) is 6.66. The number of hydrogen-bond acceptors (Lipinski definition) is 4. The summed E-state index contributed by atoms with van der Waals surface area (Å²) < 4.78 is 0. The predicted molar refractivity (Wildman–Crippen MR) is 88.8 cm³/mol. The molecule has 0 aromatic heterocycles. The highest BCUT2D eigenvalue weighted by Gasteiger charge is 2.39. The van der Waals surface area contributed by atoms with E-state index in [-0.39, 0.29) is 5.91 Å². The average Bonchev–Trinajstić information content (AvgIpc) is 2.95. The number of carbonyl (C=O) groups is 1. The van der Waals surface area contributed by atoms with Gasteiger partial charge < -0.3 is 15.3 Å². The van der Waals surface area contributed by atoms with Gasteiger partial charge in [-0.3, -0.25) is 4.79 Å². The van der Waals surface area contributed by atoms with Gasteiger partial charge in [-0.2, -0.15) is 11.8 Å². The number of nitrogens with zero attached hydrogens (tertiary/aromatic N) is 1. The van der Waals surface area contributed by atoms with Gasteiger partial charge in [-0.05, 0) is 37.1 Å². The fraction of sp³-hybridized carbons (Fsp3) is 0.562. The second kappa shape index (κ2) is 7.71. The molecule has 1 heterocycles. The quantitative estimate of drug-likeness (QED) is 0.755. The molecular formula is C16H24N2O2S. The number of thioether (sulfide) groups is 1. The number of rotatable bonds is 7. The SMILES string of the molecule is CN(CCCCNC(=O)C1(O)CCSC1)c1ccccc1. The molecule has 1 saturated heterocycles. The number of aliphatic hydroxyl groups is 1. The summed E-state index contributed by atoms with van der Waals surface area (Å²) in [6, 6.07) is 10.3. The van der Waals surface area contributed by atoms with Gasteiger partial charge >= 0.3 is 0 Å². The normalized spacial score (nSPS) is 21.2. The molecule has 1 fully saturated rings. The Morgan fingerprint density at radius 1 is 1.38 bits per heavy atom. The number of benzene rings is 1. The third kappa shape index (κ3) is 4.64. The predicted octanol–water partition coefficient (Wildman–Crippen LogP) is 1.89. The minimum atomic E-state index is -1.13. The zero-order valence-corrected chi connectivity index (χ0v) is 13.4. The third-order valence-electron chi connectivity index (χ3n) is 3.83. The van der Waals surface area contributed by atoms with Crippen molar-refractivity contribution in [1.29, 1.82) is 0 Å². The van der Waals surface area contributed by atoms with Gasteiger partial charge in [-0.25, -0.2) is 0 Å². The molecule has 5 heteroatoms. The highest BCUT2D eigenvalue weighted by Crippen LogP contribution is 2.27. The van der Waals surface area contributed by atoms with E-state index in [2.05, 4.69) is 29.4 Å². The van der Waals surface area contributed by atoms with Gasteiger partial charge in [0.25, 0.3) is 5.91 Å². The molecule has 0 saturated carbocycles. The van der Waals surface area contributed by atoms with Crippen LogP contribution in [0.5, 0.6) is 0 Å². The van der Waals surface area contributed by atoms with E-state index in [9.17, 15) is 9.90 Å². The molecule has 4 nitrogen and oxygen atoms in total. The summed E-state index contributed by atoms with van der Waals surface area (Å²) in [4.78, 5) is 14.1. The smallest absolute Gasteiger partial charge is 0.252 e. The van der Waals surface area contributed by atoms with Gasteiger partial charge in [-0.1, -0.05) is 18.2 Å². The Kier molecular flexibility index (Phi) is 5.94. The molecule has 1 amide bonds. The molecule has 2 rings (SSSR count). The van der Waals surface area contributed by atoms with E-state index in [1.807, 2.05) is 18.2 Å². The maximum atomic E-state index is 11.9. The zero-order valence-electron chi connectivity index (χ0n) is 12.5. The van der Waals surface area contributed by atoms with Crippen LogP contribution in [0.15, 0.2) is 30.3 Å². The van der Waals surface area contributed by atoms with Crippen molar-refractivity contribution in [2.24, 2.45) is 0 Å². The number of anilines is 1. The molecule has 21 heavy (non-hydrogen) atoms. The number of unbranched alkanes of at least 4 members (excludes halogenated alkanes) is 1. The lowest BCUT2D eigenvalue weighted by molar-refractivity contribution is -0.137. The molecule has 1 aromatic rings. The summed E-state index contributed by atoms with van der Waals surface area (Å²) in [6.45, 7) is 1.59. The Hall–Kier alpha value is -1.20. The van der Waals surface area contributed by atoms with Crippen molar-refractivity contribution in [1.82, 2.24) is 5.32 Å². The van der Waals surface area contributed by atoms with Crippen molar-refractivity contribution in [3.05, 3.63) is 30.3 Å². The highest BCUT2D eigenvalue weighted by atomic mass is 32.2. The van der Waals surface area contributed by atoms with Crippen molar-refractivity contribution in [3.63, 3.8) is 0 Å². The molecule has 1 aromatic carbocycles. The van der Waals surface area contributed by atoms with Crippen LogP contribution in [-0.2, 0) is 4.79 Å². The molecule has 1 aliphatic rings. The number of carbonyl (C=O) groups excluding carboxylic acids is 1. The van der Waals surface area contributed by atoms with Crippen molar-refractivity contribution in [2.45, 2.75) is 24.9 Å². The maximum Gasteiger partial charge on any atom is 0.252 e. The van der Waals surface area contributed by atoms with E-state index >= 15 is 0 Å². The lowest BCUT2D eigenvalue weighted by Crippen LogP contribution is -2.47. The highest BCUT2D eigenvalue weighted by molar-refractivity contribution is 7.99. The summed E-state index contributed by atoms with van der Waals surface area (Å²) in [7, 11) is 2.08. The summed E-state index contributed by atoms with van der Waals surface area (Å²) in [5.41, 5.74) is 0.0738. The molecule has 1 aliphatic heterocycles. The monoisotopic (exact) mass is 308 g/mol. The maximum absolute atomic E-state index is 11.9. The molecule has 116 valence electrons. The Balaban J connectivity index is 1.61. The van der Waals surface area contributed by atoms with Crippen LogP contribution in [0.2, 0.25) is 0 Å². The second-order valence-electron chi connectivity index (χ2n) is 5.55. The molecule has 0 bridgehead atoms. The van der Waals surface area contributed by atoms with Gasteiger partial charge in [-0.15, -0.1) is 0 Å². The van der Waals surface area contributed by atoms with Gasteiger partial charge in [0.2, 0.25) is 0 Å². The minimum absolute atomic E-state index is 0.205. The van der Waals surface area contributed by atoms with Crippen LogP contribution in [0.3, 0.4) is 0 Å². The van der Waals surface area contributed by atoms with Gasteiger partial charge in [0.1, 0.15) is 0 Å². The summed E-state index contributed by atoms with van der Waals surface area (Å²) in [6.07, 6.45) is 2.51. The van der Waals surface area contributed by atoms with E-state index < -0.39 is 5.60 Å². The van der Waals surface area contributed by atoms with Crippen LogP contribution in [0.4, 0.5) is 5.69 Å². The lowest BCUT2D eigenvalue weighted by Gasteiger charge is -2.21. The van der Waals surface area contributed by atoms with Crippen molar-refractivity contribution >= 4 is 23.4 Å². The van der Waals surface area contributed by atoms with Crippen LogP contribution >= 0.6 is 11.8 Å². The number of hydrogen-bond donors (Lipinski definition) is 2. The first-order chi connectivity index (χ1) is 10.1. The van der Waals surface area contributed by atoms with Crippen LogP contribution in [0.1, 0.15) is 19.3 Å². The Bertz CT molecular complexity index is 447. The topological polar surface area (TPSA) is 52.6 Å². The van der Waals surface area contributed by atoms with E-state index in [1.54, 1.807) is 11.8 Å².